The van der Waals surface area contributed by atoms with Gasteiger partial charge < -0.3 is 11.1 Å². The van der Waals surface area contributed by atoms with Gasteiger partial charge in [0, 0.05) is 13.7 Å². The Labute approximate surface area is 132 Å². The van der Waals surface area contributed by atoms with E-state index in [2.05, 4.69) is 27.9 Å². The van der Waals surface area contributed by atoms with Crippen molar-refractivity contribution >= 4 is 66.9 Å². The third kappa shape index (κ3) is 4.85. The molecule has 0 aromatic heterocycles. The fraction of sp³-hybridized carbons (Fsp3) is 0.222. The molecule has 0 saturated carbocycles. The van der Waals surface area contributed by atoms with Crippen LogP contribution in [0, 0.1) is 7.14 Å². The summed E-state index contributed by atoms with van der Waals surface area (Å²) >= 11 is 4.07. The lowest BCUT2D eigenvalue weighted by molar-refractivity contribution is 0.0957. The van der Waals surface area contributed by atoms with E-state index >= 15 is 0 Å². The van der Waals surface area contributed by atoms with Gasteiger partial charge in [0.05, 0.1) is 17.0 Å². The van der Waals surface area contributed by atoms with Crippen molar-refractivity contribution in [1.29, 1.82) is 0 Å². The molecule has 1 aromatic carbocycles. The van der Waals surface area contributed by atoms with Crippen molar-refractivity contribution in [3.8, 4) is 0 Å². The number of halogens is 2. The molecule has 6 nitrogen and oxygen atoms in total. The zero-order chi connectivity index (χ0) is 13.9. The van der Waals surface area contributed by atoms with Gasteiger partial charge in [-0.2, -0.15) is 8.42 Å². The highest BCUT2D eigenvalue weighted by Crippen LogP contribution is 2.23. The van der Waals surface area contributed by atoms with E-state index in [1.54, 1.807) is 6.07 Å². The Hall–Kier alpha value is -0.140. The summed E-state index contributed by atoms with van der Waals surface area (Å²) in [6.07, 6.45) is 0. The molecule has 0 spiro atoms. The zero-order valence-electron chi connectivity index (χ0n) is 8.98. The number of carbonyl (C=O) groups is 1. The second-order valence-electron chi connectivity index (χ2n) is 3.39. The van der Waals surface area contributed by atoms with E-state index in [4.69, 9.17) is 10.3 Å². The Kier molecular flexibility index (Phi) is 5.61. The number of anilines is 1. The molecule has 0 bridgehead atoms. The molecule has 0 heterocycles. The Morgan fingerprint density at radius 3 is 2.56 bits per heavy atom. The van der Waals surface area contributed by atoms with Crippen LogP contribution in [-0.4, -0.2) is 31.2 Å². The maximum absolute atomic E-state index is 11.8. The lowest BCUT2D eigenvalue weighted by atomic mass is 10.1. The molecule has 0 atom stereocenters. The summed E-state index contributed by atoms with van der Waals surface area (Å²) in [5, 5.41) is 2.39. The largest absolute Gasteiger partial charge is 0.397 e. The summed E-state index contributed by atoms with van der Waals surface area (Å²) in [5.74, 6) is -0.993. The topological polar surface area (TPSA) is 109 Å². The van der Waals surface area contributed by atoms with Crippen LogP contribution in [0.25, 0.3) is 0 Å². The van der Waals surface area contributed by atoms with Gasteiger partial charge in [-0.1, -0.05) is 0 Å². The highest BCUT2D eigenvalue weighted by atomic mass is 127. The molecular formula is C9H10I2N2O4S. The molecule has 0 fully saturated rings. The van der Waals surface area contributed by atoms with Crippen LogP contribution in [0.3, 0.4) is 0 Å². The Morgan fingerprint density at radius 1 is 1.39 bits per heavy atom. The lowest BCUT2D eigenvalue weighted by Crippen LogP contribution is -2.29. The number of amides is 1. The first-order chi connectivity index (χ1) is 8.20. The van der Waals surface area contributed by atoms with Crippen LogP contribution in [0.5, 0.6) is 0 Å². The van der Waals surface area contributed by atoms with Crippen LogP contribution in [0.4, 0.5) is 5.69 Å². The van der Waals surface area contributed by atoms with Gasteiger partial charge in [-0.25, -0.2) is 0 Å². The molecular weight excluding hydrogens is 486 g/mol. The summed E-state index contributed by atoms with van der Waals surface area (Å²) in [6.45, 7) is -0.168. The lowest BCUT2D eigenvalue weighted by Gasteiger charge is -2.09. The minimum Gasteiger partial charge on any atom is -0.397 e. The van der Waals surface area contributed by atoms with Crippen LogP contribution < -0.4 is 11.1 Å². The minimum absolute atomic E-state index is 0.168. The summed E-state index contributed by atoms with van der Waals surface area (Å²) in [6, 6.07) is 3.44. The number of benzene rings is 1. The summed E-state index contributed by atoms with van der Waals surface area (Å²) in [4.78, 5) is 11.8. The van der Waals surface area contributed by atoms with Gasteiger partial charge in [0.2, 0.25) is 0 Å². The molecule has 0 saturated heterocycles. The number of hydrogen-bond acceptors (Lipinski definition) is 4. The van der Waals surface area contributed by atoms with E-state index in [-0.39, 0.29) is 6.54 Å². The minimum atomic E-state index is -4.08. The van der Waals surface area contributed by atoms with Gasteiger partial charge >= 0.3 is 0 Å². The van der Waals surface area contributed by atoms with Crippen molar-refractivity contribution in [2.24, 2.45) is 0 Å². The van der Waals surface area contributed by atoms with Crippen molar-refractivity contribution in [3.05, 3.63) is 24.8 Å². The number of nitrogens with one attached hydrogen (secondary N) is 1. The van der Waals surface area contributed by atoms with E-state index in [9.17, 15) is 13.2 Å². The van der Waals surface area contributed by atoms with Crippen molar-refractivity contribution in [1.82, 2.24) is 5.32 Å². The highest BCUT2D eigenvalue weighted by molar-refractivity contribution is 14.1. The molecule has 0 aliphatic heterocycles. The number of hydrogen-bond donors (Lipinski definition) is 3. The number of rotatable bonds is 4. The molecule has 0 unspecified atom stereocenters. The predicted molar refractivity (Wildman–Crippen MR) is 85.0 cm³/mol. The molecule has 18 heavy (non-hydrogen) atoms. The average molecular weight is 496 g/mol. The molecule has 4 N–H and O–H groups in total. The first kappa shape index (κ1) is 15.9. The maximum Gasteiger partial charge on any atom is 0.266 e. The van der Waals surface area contributed by atoms with Crippen molar-refractivity contribution in [2.75, 3.05) is 18.0 Å². The van der Waals surface area contributed by atoms with Crippen LogP contribution in [0.1, 0.15) is 10.4 Å². The molecule has 0 aliphatic rings. The Balaban J connectivity index is 2.79. The van der Waals surface area contributed by atoms with Gasteiger partial charge in [0.25, 0.3) is 16.0 Å². The number of nitrogen functional groups attached to an aromatic ring is 1. The standard InChI is InChI=1S/C9H10I2N2O4S/c10-5-3-6(8(12)7(11)4-5)9(14)13-1-2-18(15,16)17/h3-4H,1-2,12H2,(H,13,14)(H,15,16,17). The third-order valence-corrected chi connectivity index (χ3v) is 4.22. The fourth-order valence-electron chi connectivity index (χ4n) is 1.16. The molecule has 100 valence electrons. The number of nitrogens with two attached hydrogens (primary N) is 1. The van der Waals surface area contributed by atoms with Gasteiger partial charge in [0.15, 0.2) is 0 Å². The highest BCUT2D eigenvalue weighted by Gasteiger charge is 2.14. The second-order valence-corrected chi connectivity index (χ2v) is 7.37. The number of carbonyl (C=O) groups excluding carboxylic acids is 1. The van der Waals surface area contributed by atoms with Gasteiger partial charge in [0.1, 0.15) is 0 Å². The zero-order valence-corrected chi connectivity index (χ0v) is 14.1. The average Bonchev–Trinajstić information content (AvgIpc) is 2.21. The molecule has 1 aromatic rings. The normalized spacial score (nSPS) is 11.3. The predicted octanol–water partition coefficient (Wildman–Crippen LogP) is 1.10. The molecule has 0 aliphatic carbocycles. The van der Waals surface area contributed by atoms with E-state index in [1.807, 2.05) is 28.7 Å². The third-order valence-electron chi connectivity index (χ3n) is 1.98. The quantitative estimate of drug-likeness (QED) is 0.329. The van der Waals surface area contributed by atoms with E-state index in [1.165, 1.54) is 0 Å². The molecule has 9 heteroatoms. The summed E-state index contributed by atoms with van der Waals surface area (Å²) in [5.41, 5.74) is 6.41. The van der Waals surface area contributed by atoms with Gasteiger partial charge in [-0.05, 0) is 57.3 Å². The van der Waals surface area contributed by atoms with Crippen LogP contribution in [-0.2, 0) is 10.1 Å². The van der Waals surface area contributed by atoms with Gasteiger partial charge in [-0.3, -0.25) is 9.35 Å². The van der Waals surface area contributed by atoms with E-state index < -0.39 is 21.8 Å². The fourth-order valence-corrected chi connectivity index (χ4v) is 3.37. The first-order valence-electron chi connectivity index (χ1n) is 4.68. The van der Waals surface area contributed by atoms with Crippen LogP contribution in [0.15, 0.2) is 12.1 Å². The molecule has 1 amide bonds. The second kappa shape index (κ2) is 6.34. The van der Waals surface area contributed by atoms with E-state index in [0.29, 0.717) is 11.3 Å². The van der Waals surface area contributed by atoms with E-state index in [0.717, 1.165) is 7.14 Å². The van der Waals surface area contributed by atoms with Gasteiger partial charge in [-0.15, -0.1) is 0 Å². The smallest absolute Gasteiger partial charge is 0.266 e. The first-order valence-corrected chi connectivity index (χ1v) is 8.45. The Morgan fingerprint density at radius 2 is 2.00 bits per heavy atom. The Bertz CT molecular complexity index is 574. The molecule has 0 radical (unpaired) electrons. The summed E-state index contributed by atoms with van der Waals surface area (Å²) < 4.78 is 31.1. The van der Waals surface area contributed by atoms with Crippen molar-refractivity contribution < 1.29 is 17.8 Å². The maximum atomic E-state index is 11.8. The van der Waals surface area contributed by atoms with Crippen molar-refractivity contribution in [3.63, 3.8) is 0 Å². The SMILES string of the molecule is Nc1c(I)cc(I)cc1C(=O)NCCS(=O)(=O)O. The van der Waals surface area contributed by atoms with Crippen LogP contribution >= 0.6 is 45.2 Å². The summed E-state index contributed by atoms with van der Waals surface area (Å²) in [7, 11) is -4.08. The van der Waals surface area contributed by atoms with Crippen LogP contribution in [0.2, 0.25) is 0 Å². The van der Waals surface area contributed by atoms with Crippen molar-refractivity contribution in [2.45, 2.75) is 0 Å². The molecule has 1 rings (SSSR count). The monoisotopic (exact) mass is 496 g/mol.